The van der Waals surface area contributed by atoms with Gasteiger partial charge >= 0.3 is 0 Å². The quantitative estimate of drug-likeness (QED) is 0.757. The average molecular weight is 206 g/mol. The second-order valence-electron chi connectivity index (χ2n) is 4.84. The summed E-state index contributed by atoms with van der Waals surface area (Å²) in [6.45, 7) is 6.30. The zero-order valence-electron chi connectivity index (χ0n) is 9.60. The molecule has 0 radical (unpaired) electrons. The Morgan fingerprint density at radius 3 is 2.80 bits per heavy atom. The van der Waals surface area contributed by atoms with Crippen LogP contribution in [-0.2, 0) is 11.2 Å². The van der Waals surface area contributed by atoms with E-state index in [0.717, 1.165) is 12.1 Å². The van der Waals surface area contributed by atoms with Crippen LogP contribution < -0.4 is 0 Å². The van der Waals surface area contributed by atoms with Gasteiger partial charge in [0.2, 0.25) is 0 Å². The fourth-order valence-corrected chi connectivity index (χ4v) is 1.84. The van der Waals surface area contributed by atoms with Crippen LogP contribution in [0, 0.1) is 11.8 Å². The molecule has 0 amide bonds. The molecule has 1 heterocycles. The van der Waals surface area contributed by atoms with Crippen molar-refractivity contribution in [2.45, 2.75) is 39.7 Å². The normalized spacial score (nSPS) is 24.5. The van der Waals surface area contributed by atoms with Crippen LogP contribution in [0.1, 0.15) is 38.9 Å². The maximum Gasteiger partial charge on any atom is 0.142 e. The Hall–Kier alpha value is -1.12. The van der Waals surface area contributed by atoms with Crippen molar-refractivity contribution in [1.82, 2.24) is 9.78 Å². The van der Waals surface area contributed by atoms with Gasteiger partial charge in [-0.1, -0.05) is 6.92 Å². The van der Waals surface area contributed by atoms with Gasteiger partial charge in [-0.3, -0.25) is 9.48 Å². The number of hydrogen-bond acceptors (Lipinski definition) is 2. The van der Waals surface area contributed by atoms with E-state index in [0.29, 0.717) is 30.1 Å². The maximum atomic E-state index is 11.7. The first-order valence-corrected chi connectivity index (χ1v) is 5.64. The highest BCUT2D eigenvalue weighted by molar-refractivity contribution is 5.85. The minimum Gasteiger partial charge on any atom is -0.299 e. The fourth-order valence-electron chi connectivity index (χ4n) is 1.84. The second kappa shape index (κ2) is 3.80. The molecule has 0 bridgehead atoms. The van der Waals surface area contributed by atoms with Crippen molar-refractivity contribution in [3.63, 3.8) is 0 Å². The van der Waals surface area contributed by atoms with Gasteiger partial charge in [0.15, 0.2) is 0 Å². The summed E-state index contributed by atoms with van der Waals surface area (Å²) in [6.07, 6.45) is 3.53. The molecular weight excluding hydrogens is 188 g/mol. The Morgan fingerprint density at radius 2 is 2.33 bits per heavy atom. The Bertz CT molecular complexity index is 367. The van der Waals surface area contributed by atoms with Crippen LogP contribution in [0.25, 0.3) is 0 Å². The van der Waals surface area contributed by atoms with Crippen molar-refractivity contribution < 1.29 is 4.79 Å². The minimum absolute atomic E-state index is 0.314. The highest BCUT2D eigenvalue weighted by Crippen LogP contribution is 2.38. The van der Waals surface area contributed by atoms with Gasteiger partial charge in [0.25, 0.3) is 0 Å². The molecule has 3 nitrogen and oxygen atoms in total. The molecule has 0 aliphatic heterocycles. The standard InChI is InChI=1S/C12H18N2O/c1-8(2)14-5-4-10(13-14)7-12(15)11-6-9(11)3/h4-5,8-9,11H,6-7H2,1-3H3. The van der Waals surface area contributed by atoms with Gasteiger partial charge in [0.05, 0.1) is 12.1 Å². The van der Waals surface area contributed by atoms with Gasteiger partial charge in [0, 0.05) is 18.2 Å². The molecule has 2 rings (SSSR count). The van der Waals surface area contributed by atoms with E-state index in [1.54, 1.807) is 0 Å². The second-order valence-corrected chi connectivity index (χ2v) is 4.84. The van der Waals surface area contributed by atoms with Crippen molar-refractivity contribution in [2.24, 2.45) is 11.8 Å². The van der Waals surface area contributed by atoms with E-state index in [-0.39, 0.29) is 0 Å². The van der Waals surface area contributed by atoms with Crippen LogP contribution in [0.5, 0.6) is 0 Å². The zero-order chi connectivity index (χ0) is 11.0. The summed E-state index contributed by atoms with van der Waals surface area (Å²) in [6, 6.07) is 2.32. The summed E-state index contributed by atoms with van der Waals surface area (Å²) in [5.74, 6) is 1.27. The summed E-state index contributed by atoms with van der Waals surface area (Å²) < 4.78 is 1.90. The zero-order valence-corrected chi connectivity index (χ0v) is 9.60. The van der Waals surface area contributed by atoms with E-state index in [9.17, 15) is 4.79 Å². The first-order valence-electron chi connectivity index (χ1n) is 5.64. The van der Waals surface area contributed by atoms with E-state index >= 15 is 0 Å². The van der Waals surface area contributed by atoms with E-state index in [4.69, 9.17) is 0 Å². The van der Waals surface area contributed by atoms with Crippen LogP contribution in [-0.4, -0.2) is 15.6 Å². The molecule has 1 aromatic heterocycles. The van der Waals surface area contributed by atoms with E-state index < -0.39 is 0 Å². The summed E-state index contributed by atoms with van der Waals surface area (Å²) in [7, 11) is 0. The monoisotopic (exact) mass is 206 g/mol. The summed E-state index contributed by atoms with van der Waals surface area (Å²) >= 11 is 0. The van der Waals surface area contributed by atoms with Crippen LogP contribution in [0.2, 0.25) is 0 Å². The van der Waals surface area contributed by atoms with Crippen LogP contribution in [0.15, 0.2) is 12.3 Å². The molecule has 1 saturated carbocycles. The number of ketones is 1. The lowest BCUT2D eigenvalue weighted by molar-refractivity contribution is -0.119. The summed E-state index contributed by atoms with van der Waals surface area (Å²) in [5.41, 5.74) is 0.910. The molecule has 82 valence electrons. The number of carbonyl (C=O) groups is 1. The molecule has 1 aliphatic rings. The van der Waals surface area contributed by atoms with E-state index in [1.165, 1.54) is 0 Å². The van der Waals surface area contributed by atoms with Crippen molar-refractivity contribution >= 4 is 5.78 Å². The number of nitrogens with zero attached hydrogens (tertiary/aromatic N) is 2. The molecule has 1 aliphatic carbocycles. The number of aromatic nitrogens is 2. The first-order chi connectivity index (χ1) is 7.08. The third-order valence-electron chi connectivity index (χ3n) is 3.07. The molecule has 0 spiro atoms. The molecule has 1 aromatic rings. The van der Waals surface area contributed by atoms with Gasteiger partial charge in [0.1, 0.15) is 5.78 Å². The highest BCUT2D eigenvalue weighted by atomic mass is 16.1. The SMILES string of the molecule is CC1CC1C(=O)Cc1ccn(C(C)C)n1. The molecule has 0 N–H and O–H groups in total. The highest BCUT2D eigenvalue weighted by Gasteiger charge is 2.38. The fraction of sp³-hybridized carbons (Fsp3) is 0.667. The molecule has 1 fully saturated rings. The molecule has 3 heteroatoms. The Labute approximate surface area is 90.5 Å². The molecule has 0 saturated heterocycles. The summed E-state index contributed by atoms with van der Waals surface area (Å²) in [4.78, 5) is 11.7. The van der Waals surface area contributed by atoms with Crippen LogP contribution in [0.3, 0.4) is 0 Å². The third-order valence-corrected chi connectivity index (χ3v) is 3.07. The lowest BCUT2D eigenvalue weighted by Crippen LogP contribution is -2.08. The molecule has 0 aromatic carbocycles. The lowest BCUT2D eigenvalue weighted by Gasteiger charge is -2.03. The number of carbonyl (C=O) groups excluding carboxylic acids is 1. The van der Waals surface area contributed by atoms with Gasteiger partial charge in [-0.15, -0.1) is 0 Å². The lowest BCUT2D eigenvalue weighted by atomic mass is 10.1. The maximum absolute atomic E-state index is 11.7. The van der Waals surface area contributed by atoms with Crippen molar-refractivity contribution in [2.75, 3.05) is 0 Å². The smallest absolute Gasteiger partial charge is 0.142 e. The topological polar surface area (TPSA) is 34.9 Å². The minimum atomic E-state index is 0.314. The largest absolute Gasteiger partial charge is 0.299 e. The van der Waals surface area contributed by atoms with Crippen LogP contribution in [0.4, 0.5) is 0 Å². The molecule has 2 unspecified atom stereocenters. The van der Waals surface area contributed by atoms with Gasteiger partial charge in [-0.25, -0.2) is 0 Å². The van der Waals surface area contributed by atoms with E-state index in [1.807, 2.05) is 16.9 Å². The van der Waals surface area contributed by atoms with Crippen LogP contribution >= 0.6 is 0 Å². The molecular formula is C12H18N2O. The van der Waals surface area contributed by atoms with Gasteiger partial charge in [-0.2, -0.15) is 5.10 Å². The predicted octanol–water partition coefficient (Wildman–Crippen LogP) is 2.23. The predicted molar refractivity (Wildman–Crippen MR) is 58.6 cm³/mol. The van der Waals surface area contributed by atoms with Crippen molar-refractivity contribution in [1.29, 1.82) is 0 Å². The molecule has 15 heavy (non-hydrogen) atoms. The Morgan fingerprint density at radius 1 is 1.67 bits per heavy atom. The van der Waals surface area contributed by atoms with Crippen molar-refractivity contribution in [3.05, 3.63) is 18.0 Å². The van der Waals surface area contributed by atoms with E-state index in [2.05, 4.69) is 25.9 Å². The summed E-state index contributed by atoms with van der Waals surface area (Å²) in [5, 5.41) is 4.38. The molecule has 2 atom stereocenters. The Balaban J connectivity index is 1.96. The number of Topliss-reactive ketones (excluding diaryl/α,β-unsaturated/α-hetero) is 1. The van der Waals surface area contributed by atoms with Gasteiger partial charge in [-0.05, 0) is 32.3 Å². The Kier molecular flexibility index (Phi) is 2.63. The third kappa shape index (κ3) is 2.28. The number of hydrogen-bond donors (Lipinski definition) is 0. The first kappa shape index (κ1) is 10.4. The number of rotatable bonds is 4. The average Bonchev–Trinajstić information content (AvgIpc) is 2.73. The van der Waals surface area contributed by atoms with Crippen molar-refractivity contribution in [3.8, 4) is 0 Å². The van der Waals surface area contributed by atoms with Gasteiger partial charge < -0.3 is 0 Å².